The van der Waals surface area contributed by atoms with Crippen LogP contribution in [0.2, 0.25) is 0 Å². The summed E-state index contributed by atoms with van der Waals surface area (Å²) < 4.78 is 4.91. The second-order valence-corrected chi connectivity index (χ2v) is 4.12. The van der Waals surface area contributed by atoms with Gasteiger partial charge in [-0.2, -0.15) is 0 Å². The second-order valence-electron chi connectivity index (χ2n) is 4.12. The average Bonchev–Trinajstić information content (AvgIpc) is 2.14. The number of allylic oxidation sites excluding steroid dienone is 2. The average molecular weight is 240 g/mol. The van der Waals surface area contributed by atoms with Crippen molar-refractivity contribution in [2.24, 2.45) is 11.8 Å². The van der Waals surface area contributed by atoms with E-state index < -0.39 is 18.0 Å². The van der Waals surface area contributed by atoms with Crippen LogP contribution in [0.15, 0.2) is 24.0 Å². The summed E-state index contributed by atoms with van der Waals surface area (Å²) in [6, 6.07) is 0. The van der Waals surface area contributed by atoms with Crippen molar-refractivity contribution in [2.75, 3.05) is 0 Å². The first kappa shape index (κ1) is 13.4. The molecule has 0 radical (unpaired) electrons. The van der Waals surface area contributed by atoms with Gasteiger partial charge in [-0.1, -0.05) is 13.0 Å². The maximum Gasteiger partial charge on any atom is 0.308 e. The molecule has 2 N–H and O–H groups in total. The normalized spacial score (nSPS) is 25.0. The molecule has 1 rings (SSSR count). The van der Waals surface area contributed by atoms with E-state index in [1.807, 2.05) is 6.92 Å². The molecule has 3 atom stereocenters. The van der Waals surface area contributed by atoms with E-state index in [4.69, 9.17) is 9.84 Å². The molecule has 94 valence electrons. The van der Waals surface area contributed by atoms with Crippen molar-refractivity contribution in [1.29, 1.82) is 0 Å². The molecule has 0 heterocycles. The van der Waals surface area contributed by atoms with Crippen LogP contribution in [0.5, 0.6) is 0 Å². The molecule has 0 aromatic rings. The van der Waals surface area contributed by atoms with Gasteiger partial charge in [0.05, 0.1) is 12.5 Å². The number of rotatable bonds is 4. The predicted octanol–water partition coefficient (Wildman–Crippen LogP) is 1.09. The molecule has 1 aliphatic rings. The molecular weight excluding hydrogens is 224 g/mol. The van der Waals surface area contributed by atoms with E-state index in [1.54, 1.807) is 18.2 Å². The molecule has 5 nitrogen and oxygen atoms in total. The third-order valence-corrected chi connectivity index (χ3v) is 2.61. The van der Waals surface area contributed by atoms with E-state index in [9.17, 15) is 14.7 Å². The maximum atomic E-state index is 10.8. The highest BCUT2D eigenvalue weighted by atomic mass is 16.5. The highest BCUT2D eigenvalue weighted by molar-refractivity contribution is 5.68. The van der Waals surface area contributed by atoms with Crippen molar-refractivity contribution in [3.63, 3.8) is 0 Å². The van der Waals surface area contributed by atoms with Gasteiger partial charge in [-0.05, 0) is 18.1 Å². The summed E-state index contributed by atoms with van der Waals surface area (Å²) in [6.45, 7) is 3.15. The first-order valence-corrected chi connectivity index (χ1v) is 5.38. The van der Waals surface area contributed by atoms with Crippen LogP contribution >= 0.6 is 0 Å². The smallest absolute Gasteiger partial charge is 0.308 e. The van der Waals surface area contributed by atoms with E-state index >= 15 is 0 Å². The second kappa shape index (κ2) is 5.63. The number of carboxylic acids is 1. The monoisotopic (exact) mass is 240 g/mol. The summed E-state index contributed by atoms with van der Waals surface area (Å²) in [5.41, 5.74) is 0. The van der Waals surface area contributed by atoms with Gasteiger partial charge in [0, 0.05) is 12.8 Å². The number of carboxylic acid groups (broad SMARTS) is 1. The summed E-state index contributed by atoms with van der Waals surface area (Å²) in [4.78, 5) is 21.3. The van der Waals surface area contributed by atoms with Crippen LogP contribution in [0.1, 0.15) is 20.3 Å². The highest BCUT2D eigenvalue weighted by Gasteiger charge is 2.26. The number of carbonyl (C=O) groups is 2. The van der Waals surface area contributed by atoms with Gasteiger partial charge in [0.1, 0.15) is 5.76 Å². The zero-order chi connectivity index (χ0) is 13.0. The first-order chi connectivity index (χ1) is 7.90. The van der Waals surface area contributed by atoms with Gasteiger partial charge in [-0.15, -0.1) is 0 Å². The predicted molar refractivity (Wildman–Crippen MR) is 59.9 cm³/mol. The van der Waals surface area contributed by atoms with E-state index in [-0.39, 0.29) is 18.3 Å². The molecular formula is C12H16O5. The van der Waals surface area contributed by atoms with E-state index in [2.05, 4.69) is 0 Å². The van der Waals surface area contributed by atoms with Gasteiger partial charge in [-0.3, -0.25) is 9.59 Å². The molecule has 1 aliphatic carbocycles. The van der Waals surface area contributed by atoms with E-state index in [0.29, 0.717) is 5.76 Å². The van der Waals surface area contributed by atoms with Crippen LogP contribution < -0.4 is 0 Å². The van der Waals surface area contributed by atoms with Crippen molar-refractivity contribution in [1.82, 2.24) is 0 Å². The molecule has 5 heteroatoms. The molecule has 0 saturated carbocycles. The summed E-state index contributed by atoms with van der Waals surface area (Å²) in [5, 5.41) is 18.3. The topological polar surface area (TPSA) is 83.8 Å². The molecule has 0 amide bonds. The minimum atomic E-state index is -1.03. The fraction of sp³-hybridized carbons (Fsp3) is 0.500. The lowest BCUT2D eigenvalue weighted by atomic mass is 9.84. The number of hydrogen-bond donors (Lipinski definition) is 2. The van der Waals surface area contributed by atoms with Gasteiger partial charge in [0.25, 0.3) is 0 Å². The Morgan fingerprint density at radius 3 is 2.65 bits per heavy atom. The Morgan fingerprint density at radius 1 is 1.53 bits per heavy atom. The number of aliphatic hydroxyl groups is 1. The van der Waals surface area contributed by atoms with Crippen LogP contribution in [0.3, 0.4) is 0 Å². The Kier molecular flexibility index (Phi) is 4.45. The van der Waals surface area contributed by atoms with Crippen LogP contribution in [0.4, 0.5) is 0 Å². The fourth-order valence-electron chi connectivity index (χ4n) is 1.83. The van der Waals surface area contributed by atoms with Crippen LogP contribution in [0.25, 0.3) is 0 Å². The highest BCUT2D eigenvalue weighted by Crippen LogP contribution is 2.27. The summed E-state index contributed by atoms with van der Waals surface area (Å²) in [6.07, 6.45) is 3.73. The summed E-state index contributed by atoms with van der Waals surface area (Å²) in [7, 11) is 0. The minimum Gasteiger partial charge on any atom is -0.481 e. The standard InChI is InChI=1S/C12H16O5/c1-7-5-9(17-8(2)13)3-4-10(7)11(14)6-12(15)16/h3-5,7,10-11,14H,6H2,1-2H3,(H,15,16). The molecule has 17 heavy (non-hydrogen) atoms. The number of ether oxygens (including phenoxy) is 1. The molecule has 0 aromatic heterocycles. The van der Waals surface area contributed by atoms with Crippen LogP contribution in [0, 0.1) is 11.8 Å². The van der Waals surface area contributed by atoms with E-state index in [0.717, 1.165) is 0 Å². The third kappa shape index (κ3) is 4.03. The molecule has 0 aliphatic heterocycles. The molecule has 0 aromatic carbocycles. The molecule has 3 unspecified atom stereocenters. The number of hydrogen-bond acceptors (Lipinski definition) is 4. The van der Waals surface area contributed by atoms with Gasteiger partial charge < -0.3 is 14.9 Å². The van der Waals surface area contributed by atoms with Gasteiger partial charge in [0.2, 0.25) is 0 Å². The van der Waals surface area contributed by atoms with Crippen LogP contribution in [-0.4, -0.2) is 28.3 Å². The molecule has 0 fully saturated rings. The summed E-state index contributed by atoms with van der Waals surface area (Å²) in [5.74, 6) is -1.36. The molecule has 0 saturated heterocycles. The summed E-state index contributed by atoms with van der Waals surface area (Å²) >= 11 is 0. The van der Waals surface area contributed by atoms with Crippen molar-refractivity contribution < 1.29 is 24.5 Å². The zero-order valence-corrected chi connectivity index (χ0v) is 9.79. The Balaban J connectivity index is 2.65. The SMILES string of the molecule is CC(=O)OC1=CC(C)C(C(O)CC(=O)O)C=C1. The Morgan fingerprint density at radius 2 is 2.18 bits per heavy atom. The van der Waals surface area contributed by atoms with Gasteiger partial charge in [-0.25, -0.2) is 0 Å². The lowest BCUT2D eigenvalue weighted by Crippen LogP contribution is -2.28. The van der Waals surface area contributed by atoms with Crippen LogP contribution in [-0.2, 0) is 14.3 Å². The first-order valence-electron chi connectivity index (χ1n) is 5.38. The van der Waals surface area contributed by atoms with Gasteiger partial charge in [0.15, 0.2) is 0 Å². The number of aliphatic hydroxyl groups excluding tert-OH is 1. The Labute approximate surface area is 99.4 Å². The van der Waals surface area contributed by atoms with Crippen molar-refractivity contribution in [3.8, 4) is 0 Å². The van der Waals surface area contributed by atoms with Crippen molar-refractivity contribution >= 4 is 11.9 Å². The number of carbonyl (C=O) groups excluding carboxylic acids is 1. The maximum absolute atomic E-state index is 10.8. The fourth-order valence-corrected chi connectivity index (χ4v) is 1.83. The van der Waals surface area contributed by atoms with Crippen molar-refractivity contribution in [2.45, 2.75) is 26.4 Å². The third-order valence-electron chi connectivity index (χ3n) is 2.61. The van der Waals surface area contributed by atoms with Crippen molar-refractivity contribution in [3.05, 3.63) is 24.0 Å². The molecule has 0 spiro atoms. The quantitative estimate of drug-likeness (QED) is 0.719. The number of esters is 1. The lowest BCUT2D eigenvalue weighted by molar-refractivity contribution is -0.140. The largest absolute Gasteiger partial charge is 0.481 e. The number of aliphatic carboxylic acids is 1. The minimum absolute atomic E-state index is 0.0799. The Bertz CT molecular complexity index is 369. The Hall–Kier alpha value is -1.62. The van der Waals surface area contributed by atoms with Gasteiger partial charge >= 0.3 is 11.9 Å². The zero-order valence-electron chi connectivity index (χ0n) is 9.79. The lowest BCUT2D eigenvalue weighted by Gasteiger charge is -2.26. The molecule has 0 bridgehead atoms. The van der Waals surface area contributed by atoms with E-state index in [1.165, 1.54) is 6.92 Å².